The van der Waals surface area contributed by atoms with E-state index < -0.39 is 0 Å². The summed E-state index contributed by atoms with van der Waals surface area (Å²) in [7, 11) is 2.94. The van der Waals surface area contributed by atoms with Crippen molar-refractivity contribution in [3.05, 3.63) is 39.0 Å². The van der Waals surface area contributed by atoms with E-state index in [1.807, 2.05) is 0 Å². The molecular weight excluding hydrogens is 308 g/mol. The number of benzene rings is 2. The van der Waals surface area contributed by atoms with Crippen molar-refractivity contribution in [2.45, 2.75) is 6.92 Å². The van der Waals surface area contributed by atoms with Crippen molar-refractivity contribution in [2.75, 3.05) is 14.2 Å². The van der Waals surface area contributed by atoms with Crippen molar-refractivity contribution in [2.24, 2.45) is 0 Å². The van der Waals surface area contributed by atoms with E-state index in [0.29, 0.717) is 22.3 Å². The third kappa shape index (κ3) is 1.97. The molecule has 1 heterocycles. The van der Waals surface area contributed by atoms with E-state index in [0.717, 1.165) is 0 Å². The van der Waals surface area contributed by atoms with E-state index in [2.05, 4.69) is 0 Å². The fraction of sp³-hybridized carbons (Fsp3) is 0.188. The van der Waals surface area contributed by atoms with Gasteiger partial charge in [-0.25, -0.2) is 0 Å². The molecular formula is C16H13ClO5. The number of ether oxygens (including phenoxy) is 2. The molecule has 0 saturated heterocycles. The van der Waals surface area contributed by atoms with E-state index in [4.69, 9.17) is 25.5 Å². The zero-order valence-corrected chi connectivity index (χ0v) is 12.9. The van der Waals surface area contributed by atoms with Gasteiger partial charge in [0.1, 0.15) is 33.2 Å². The van der Waals surface area contributed by atoms with Gasteiger partial charge < -0.3 is 19.0 Å². The van der Waals surface area contributed by atoms with E-state index in [1.165, 1.54) is 20.3 Å². The topological polar surface area (TPSA) is 68.9 Å². The fourth-order valence-corrected chi connectivity index (χ4v) is 2.77. The molecule has 6 heteroatoms. The summed E-state index contributed by atoms with van der Waals surface area (Å²) in [6.07, 6.45) is 0. The van der Waals surface area contributed by atoms with Crippen LogP contribution in [-0.4, -0.2) is 19.3 Å². The number of phenols is 1. The number of rotatable bonds is 2. The highest BCUT2D eigenvalue weighted by atomic mass is 35.5. The second kappa shape index (κ2) is 5.10. The molecule has 0 amide bonds. The summed E-state index contributed by atoms with van der Waals surface area (Å²) in [5, 5.41) is 10.7. The van der Waals surface area contributed by atoms with Crippen molar-refractivity contribution in [3.8, 4) is 17.2 Å². The van der Waals surface area contributed by atoms with Gasteiger partial charge in [0.2, 0.25) is 5.43 Å². The zero-order valence-electron chi connectivity index (χ0n) is 12.2. The molecule has 0 fully saturated rings. The Balaban J connectivity index is 2.58. The summed E-state index contributed by atoms with van der Waals surface area (Å²) in [6.45, 7) is 1.77. The molecule has 1 N–H and O–H groups in total. The van der Waals surface area contributed by atoms with Crippen LogP contribution in [0.4, 0.5) is 0 Å². The van der Waals surface area contributed by atoms with E-state index in [1.54, 1.807) is 19.1 Å². The number of hydrogen-bond donors (Lipinski definition) is 1. The Kier molecular flexibility index (Phi) is 3.37. The van der Waals surface area contributed by atoms with Crippen LogP contribution in [0, 0.1) is 6.92 Å². The number of fused-ring (bicyclic) bond motifs is 2. The summed E-state index contributed by atoms with van der Waals surface area (Å²) < 4.78 is 16.0. The maximum Gasteiger partial charge on any atom is 0.204 e. The third-order valence-corrected chi connectivity index (χ3v) is 3.92. The predicted molar refractivity (Wildman–Crippen MR) is 84.5 cm³/mol. The lowest BCUT2D eigenvalue weighted by Crippen LogP contribution is -2.05. The summed E-state index contributed by atoms with van der Waals surface area (Å²) in [5.41, 5.74) is 0.766. The Morgan fingerprint density at radius 1 is 1.14 bits per heavy atom. The monoisotopic (exact) mass is 320 g/mol. The lowest BCUT2D eigenvalue weighted by atomic mass is 10.1. The van der Waals surface area contributed by atoms with Crippen molar-refractivity contribution < 1.29 is 19.0 Å². The molecule has 0 radical (unpaired) electrons. The lowest BCUT2D eigenvalue weighted by molar-refractivity contribution is 0.408. The largest absolute Gasteiger partial charge is 0.507 e. The van der Waals surface area contributed by atoms with Gasteiger partial charge >= 0.3 is 0 Å². The van der Waals surface area contributed by atoms with Gasteiger partial charge in [-0.05, 0) is 18.6 Å². The first-order valence-electron chi connectivity index (χ1n) is 6.48. The van der Waals surface area contributed by atoms with Crippen LogP contribution < -0.4 is 14.9 Å². The number of aromatic hydroxyl groups is 1. The molecule has 0 aliphatic rings. The molecule has 114 valence electrons. The maximum absolute atomic E-state index is 12.7. The van der Waals surface area contributed by atoms with Crippen molar-refractivity contribution in [1.82, 2.24) is 0 Å². The Hall–Kier alpha value is -2.40. The predicted octanol–water partition coefficient (Wildman–Crippen LogP) is 3.63. The van der Waals surface area contributed by atoms with Gasteiger partial charge in [-0.3, -0.25) is 4.79 Å². The van der Waals surface area contributed by atoms with Gasteiger partial charge in [-0.15, -0.1) is 0 Å². The highest BCUT2D eigenvalue weighted by Crippen LogP contribution is 2.39. The highest BCUT2D eigenvalue weighted by molar-refractivity contribution is 6.36. The van der Waals surface area contributed by atoms with E-state index >= 15 is 0 Å². The second-order valence-corrected chi connectivity index (χ2v) is 5.24. The summed E-state index contributed by atoms with van der Waals surface area (Å²) in [5.74, 6) is 0.562. The molecule has 2 aromatic carbocycles. The molecule has 0 atom stereocenters. The number of methoxy groups -OCH3 is 2. The highest BCUT2D eigenvalue weighted by Gasteiger charge is 2.19. The Labute approximate surface area is 130 Å². The van der Waals surface area contributed by atoms with Crippen molar-refractivity contribution in [1.29, 1.82) is 0 Å². The second-order valence-electron chi connectivity index (χ2n) is 4.86. The molecule has 0 saturated carbocycles. The van der Waals surface area contributed by atoms with Crippen LogP contribution in [0.1, 0.15) is 5.56 Å². The number of halogens is 1. The molecule has 5 nitrogen and oxygen atoms in total. The van der Waals surface area contributed by atoms with Gasteiger partial charge in [-0.2, -0.15) is 0 Å². The minimum atomic E-state index is -0.349. The summed E-state index contributed by atoms with van der Waals surface area (Å²) >= 11 is 6.20. The third-order valence-electron chi connectivity index (χ3n) is 3.56. The first-order chi connectivity index (χ1) is 10.5. The molecule has 0 aliphatic heterocycles. The lowest BCUT2D eigenvalue weighted by Gasteiger charge is -2.10. The number of phenolic OH excluding ortho intramolecular Hbond substituents is 1. The van der Waals surface area contributed by atoms with Crippen LogP contribution >= 0.6 is 11.6 Å². The van der Waals surface area contributed by atoms with Crippen LogP contribution in [-0.2, 0) is 0 Å². The van der Waals surface area contributed by atoms with Gasteiger partial charge in [0.15, 0.2) is 5.58 Å². The molecule has 0 unspecified atom stereocenters. The van der Waals surface area contributed by atoms with Crippen molar-refractivity contribution in [3.63, 3.8) is 0 Å². The van der Waals surface area contributed by atoms with Gasteiger partial charge in [0.25, 0.3) is 0 Å². The zero-order chi connectivity index (χ0) is 16.0. The summed E-state index contributed by atoms with van der Waals surface area (Å²) in [6, 6.07) is 4.63. The van der Waals surface area contributed by atoms with Crippen LogP contribution in [0.5, 0.6) is 17.2 Å². The van der Waals surface area contributed by atoms with Gasteiger partial charge in [-0.1, -0.05) is 11.6 Å². The Morgan fingerprint density at radius 2 is 1.86 bits per heavy atom. The number of aryl methyl sites for hydroxylation is 1. The SMILES string of the molecule is COc1cc(C)c2c(=O)c3c(O)cc(OC)c(Cl)c3oc2c1. The van der Waals surface area contributed by atoms with Crippen LogP contribution in [0.3, 0.4) is 0 Å². The smallest absolute Gasteiger partial charge is 0.204 e. The first kappa shape index (κ1) is 14.5. The van der Waals surface area contributed by atoms with Crippen LogP contribution in [0.2, 0.25) is 5.02 Å². The normalized spacial score (nSPS) is 11.1. The molecule has 1 aromatic heterocycles. The number of hydrogen-bond acceptors (Lipinski definition) is 5. The molecule has 3 aromatic rings. The van der Waals surface area contributed by atoms with E-state index in [-0.39, 0.29) is 32.9 Å². The maximum atomic E-state index is 12.7. The van der Waals surface area contributed by atoms with Crippen molar-refractivity contribution >= 4 is 33.5 Å². The Morgan fingerprint density at radius 3 is 2.50 bits per heavy atom. The van der Waals surface area contributed by atoms with Gasteiger partial charge in [0.05, 0.1) is 19.6 Å². The standard InChI is InChI=1S/C16H13ClO5/c1-7-4-8(20-2)5-10-12(7)15(19)13-9(18)6-11(21-3)14(17)16(13)22-10/h4-6,18H,1-3H3. The van der Waals surface area contributed by atoms with Crippen LogP contribution in [0.25, 0.3) is 21.9 Å². The Bertz CT molecular complexity index is 959. The summed E-state index contributed by atoms with van der Waals surface area (Å²) in [4.78, 5) is 12.7. The quantitative estimate of drug-likeness (QED) is 0.730. The average Bonchev–Trinajstić information content (AvgIpc) is 2.49. The van der Waals surface area contributed by atoms with E-state index in [9.17, 15) is 9.90 Å². The molecule has 0 aliphatic carbocycles. The average molecular weight is 321 g/mol. The molecule has 0 spiro atoms. The fourth-order valence-electron chi connectivity index (χ4n) is 2.51. The minimum absolute atomic E-state index is 0.0339. The molecule has 22 heavy (non-hydrogen) atoms. The first-order valence-corrected chi connectivity index (χ1v) is 6.86. The molecule has 3 rings (SSSR count). The minimum Gasteiger partial charge on any atom is -0.507 e. The van der Waals surface area contributed by atoms with Gasteiger partial charge in [0, 0.05) is 12.1 Å². The molecule has 0 bridgehead atoms. The van der Waals surface area contributed by atoms with Crippen LogP contribution in [0.15, 0.2) is 27.4 Å².